The van der Waals surface area contributed by atoms with Crippen LogP contribution in [0.25, 0.3) is 10.8 Å². The van der Waals surface area contributed by atoms with Crippen molar-refractivity contribution in [2.24, 2.45) is 5.73 Å². The summed E-state index contributed by atoms with van der Waals surface area (Å²) in [4.78, 5) is 18.8. The first kappa shape index (κ1) is 16.6. The predicted molar refractivity (Wildman–Crippen MR) is 93.8 cm³/mol. The minimum atomic E-state index is -0.377. The number of benzene rings is 1. The highest BCUT2D eigenvalue weighted by atomic mass is 19.1. The molecule has 1 aromatic carbocycles. The highest BCUT2D eigenvalue weighted by molar-refractivity contribution is 6.07. The molecule has 134 valence electrons. The van der Waals surface area contributed by atoms with E-state index in [-0.39, 0.29) is 17.8 Å². The fraction of sp³-hybridized carbons (Fsp3) is 0.333. The predicted octanol–water partition coefficient (Wildman–Crippen LogP) is 1.90. The average Bonchev–Trinajstić information content (AvgIpc) is 3.17. The Kier molecular flexibility index (Phi) is 4.34. The third kappa shape index (κ3) is 2.92. The van der Waals surface area contributed by atoms with E-state index in [0.717, 1.165) is 18.5 Å². The SMILES string of the molecule is NCc1cn(C2CCCN(C(=O)c3ccc(F)c4cnccc34)C2)nn1. The Balaban J connectivity index is 1.61. The van der Waals surface area contributed by atoms with E-state index < -0.39 is 0 Å². The van der Waals surface area contributed by atoms with Gasteiger partial charge < -0.3 is 10.6 Å². The molecule has 1 unspecified atom stereocenters. The second kappa shape index (κ2) is 6.80. The number of carbonyl (C=O) groups is 1. The number of piperidine rings is 1. The molecule has 0 radical (unpaired) electrons. The molecular formula is C18H19FN6O. The monoisotopic (exact) mass is 354 g/mol. The van der Waals surface area contributed by atoms with Crippen LogP contribution in [0.5, 0.6) is 0 Å². The summed E-state index contributed by atoms with van der Waals surface area (Å²) in [5, 5.41) is 9.09. The van der Waals surface area contributed by atoms with Crippen LogP contribution in [-0.4, -0.2) is 43.9 Å². The van der Waals surface area contributed by atoms with Gasteiger partial charge in [0.2, 0.25) is 0 Å². The number of aromatic nitrogens is 4. The molecule has 1 saturated heterocycles. The lowest BCUT2D eigenvalue weighted by Gasteiger charge is -2.32. The van der Waals surface area contributed by atoms with Crippen molar-refractivity contribution < 1.29 is 9.18 Å². The van der Waals surface area contributed by atoms with Gasteiger partial charge in [0.1, 0.15) is 5.82 Å². The maximum absolute atomic E-state index is 14.0. The number of carbonyl (C=O) groups excluding carboxylic acids is 1. The third-order valence-electron chi connectivity index (χ3n) is 4.82. The van der Waals surface area contributed by atoms with E-state index in [2.05, 4.69) is 15.3 Å². The smallest absolute Gasteiger partial charge is 0.254 e. The molecule has 0 aliphatic carbocycles. The van der Waals surface area contributed by atoms with Crippen LogP contribution in [0.4, 0.5) is 4.39 Å². The van der Waals surface area contributed by atoms with Crippen LogP contribution in [0, 0.1) is 5.82 Å². The van der Waals surface area contributed by atoms with Crippen LogP contribution in [-0.2, 0) is 6.54 Å². The van der Waals surface area contributed by atoms with Crippen molar-refractivity contribution in [1.82, 2.24) is 24.9 Å². The lowest BCUT2D eigenvalue weighted by molar-refractivity contribution is 0.0674. The van der Waals surface area contributed by atoms with E-state index in [1.807, 2.05) is 6.20 Å². The Labute approximate surface area is 149 Å². The van der Waals surface area contributed by atoms with Crippen LogP contribution in [0.2, 0.25) is 0 Å². The standard InChI is InChI=1S/C18H19FN6O/c19-17-4-3-15(14-5-6-21-9-16(14)17)18(26)24-7-1-2-13(11-24)25-10-12(8-20)22-23-25/h3-6,9-10,13H,1-2,7-8,11,20H2. The number of amides is 1. The van der Waals surface area contributed by atoms with Crippen molar-refractivity contribution in [3.8, 4) is 0 Å². The summed E-state index contributed by atoms with van der Waals surface area (Å²) in [6.45, 7) is 1.54. The van der Waals surface area contributed by atoms with Gasteiger partial charge in [-0.2, -0.15) is 0 Å². The molecule has 1 aliphatic heterocycles. The average molecular weight is 354 g/mol. The number of likely N-dealkylation sites (tertiary alicyclic amines) is 1. The summed E-state index contributed by atoms with van der Waals surface area (Å²) in [7, 11) is 0. The summed E-state index contributed by atoms with van der Waals surface area (Å²) >= 11 is 0. The normalized spacial score (nSPS) is 17.6. The number of rotatable bonds is 3. The van der Waals surface area contributed by atoms with Crippen molar-refractivity contribution in [1.29, 1.82) is 0 Å². The summed E-state index contributed by atoms with van der Waals surface area (Å²) in [5.41, 5.74) is 6.81. The zero-order chi connectivity index (χ0) is 18.1. The van der Waals surface area contributed by atoms with E-state index in [0.29, 0.717) is 36.0 Å². The summed E-state index contributed by atoms with van der Waals surface area (Å²) < 4.78 is 15.8. The Morgan fingerprint density at radius 2 is 2.19 bits per heavy atom. The maximum atomic E-state index is 14.0. The Hall–Kier alpha value is -2.87. The van der Waals surface area contributed by atoms with E-state index in [1.165, 1.54) is 12.3 Å². The fourth-order valence-corrected chi connectivity index (χ4v) is 3.45. The minimum absolute atomic E-state index is 0.0638. The summed E-state index contributed by atoms with van der Waals surface area (Å²) in [5.74, 6) is -0.483. The molecule has 4 rings (SSSR count). The second-order valence-electron chi connectivity index (χ2n) is 6.46. The van der Waals surface area contributed by atoms with E-state index in [4.69, 9.17) is 5.73 Å². The molecule has 1 amide bonds. The largest absolute Gasteiger partial charge is 0.336 e. The number of fused-ring (bicyclic) bond motifs is 1. The molecule has 3 heterocycles. The number of hydrogen-bond donors (Lipinski definition) is 1. The summed E-state index contributed by atoms with van der Waals surface area (Å²) in [6, 6.07) is 4.61. The Morgan fingerprint density at radius 3 is 3.00 bits per heavy atom. The van der Waals surface area contributed by atoms with Crippen molar-refractivity contribution in [3.05, 3.63) is 53.9 Å². The second-order valence-corrected chi connectivity index (χ2v) is 6.46. The van der Waals surface area contributed by atoms with Crippen molar-refractivity contribution in [2.45, 2.75) is 25.4 Å². The highest BCUT2D eigenvalue weighted by Crippen LogP contribution is 2.26. The molecule has 1 aliphatic rings. The van der Waals surface area contributed by atoms with Crippen molar-refractivity contribution in [3.63, 3.8) is 0 Å². The summed E-state index contributed by atoms with van der Waals surface area (Å²) in [6.07, 6.45) is 6.64. The topological polar surface area (TPSA) is 89.9 Å². The van der Waals surface area contributed by atoms with Gasteiger partial charge in [0.05, 0.1) is 17.9 Å². The van der Waals surface area contributed by atoms with Gasteiger partial charge in [0.25, 0.3) is 5.91 Å². The molecule has 1 atom stereocenters. The molecule has 8 heteroatoms. The zero-order valence-corrected chi connectivity index (χ0v) is 14.2. The number of nitrogens with two attached hydrogens (primary N) is 1. The lowest BCUT2D eigenvalue weighted by Crippen LogP contribution is -2.41. The van der Waals surface area contributed by atoms with Gasteiger partial charge in [0, 0.05) is 48.4 Å². The van der Waals surface area contributed by atoms with E-state index in [1.54, 1.807) is 27.9 Å². The molecule has 0 saturated carbocycles. The number of nitrogens with zero attached hydrogens (tertiary/aromatic N) is 5. The van der Waals surface area contributed by atoms with E-state index >= 15 is 0 Å². The number of pyridine rings is 1. The molecule has 26 heavy (non-hydrogen) atoms. The van der Waals surface area contributed by atoms with Gasteiger partial charge in [-0.25, -0.2) is 9.07 Å². The quantitative estimate of drug-likeness (QED) is 0.776. The van der Waals surface area contributed by atoms with Gasteiger partial charge in [-0.15, -0.1) is 5.10 Å². The van der Waals surface area contributed by atoms with Crippen LogP contribution in [0.3, 0.4) is 0 Å². The number of hydrogen-bond acceptors (Lipinski definition) is 5. The first-order valence-electron chi connectivity index (χ1n) is 8.59. The molecule has 3 aromatic rings. The zero-order valence-electron chi connectivity index (χ0n) is 14.2. The molecule has 7 nitrogen and oxygen atoms in total. The highest BCUT2D eigenvalue weighted by Gasteiger charge is 2.27. The van der Waals surface area contributed by atoms with Gasteiger partial charge in [-0.1, -0.05) is 5.21 Å². The Bertz CT molecular complexity index is 956. The first-order valence-corrected chi connectivity index (χ1v) is 8.59. The molecule has 1 fully saturated rings. The van der Waals surface area contributed by atoms with Gasteiger partial charge in [0.15, 0.2) is 0 Å². The first-order chi connectivity index (χ1) is 12.7. The van der Waals surface area contributed by atoms with Crippen molar-refractivity contribution >= 4 is 16.7 Å². The number of halogens is 1. The molecular weight excluding hydrogens is 335 g/mol. The molecule has 2 aromatic heterocycles. The lowest BCUT2D eigenvalue weighted by atomic mass is 10.0. The van der Waals surface area contributed by atoms with Gasteiger partial charge >= 0.3 is 0 Å². The van der Waals surface area contributed by atoms with Crippen molar-refractivity contribution in [2.75, 3.05) is 13.1 Å². The van der Waals surface area contributed by atoms with Crippen LogP contribution in [0.1, 0.15) is 34.9 Å². The van der Waals surface area contributed by atoms with Gasteiger partial charge in [-0.05, 0) is 31.0 Å². The Morgan fingerprint density at radius 1 is 1.31 bits per heavy atom. The van der Waals surface area contributed by atoms with Crippen LogP contribution in [0.15, 0.2) is 36.8 Å². The minimum Gasteiger partial charge on any atom is -0.336 e. The van der Waals surface area contributed by atoms with Crippen LogP contribution < -0.4 is 5.73 Å². The molecule has 2 N–H and O–H groups in total. The molecule has 0 spiro atoms. The fourth-order valence-electron chi connectivity index (χ4n) is 3.45. The van der Waals surface area contributed by atoms with E-state index in [9.17, 15) is 9.18 Å². The van der Waals surface area contributed by atoms with Gasteiger partial charge in [-0.3, -0.25) is 9.78 Å². The van der Waals surface area contributed by atoms with Crippen LogP contribution >= 0.6 is 0 Å². The third-order valence-corrected chi connectivity index (χ3v) is 4.82. The maximum Gasteiger partial charge on any atom is 0.254 e. The molecule has 0 bridgehead atoms.